The van der Waals surface area contributed by atoms with Crippen LogP contribution in [0.5, 0.6) is 5.75 Å². The molecule has 0 unspecified atom stereocenters. The zero-order chi connectivity index (χ0) is 21.6. The number of carbonyl (C=O) groups is 1. The van der Waals surface area contributed by atoms with Crippen molar-refractivity contribution < 1.29 is 14.3 Å². The van der Waals surface area contributed by atoms with Gasteiger partial charge in [0.05, 0.1) is 12.7 Å². The van der Waals surface area contributed by atoms with E-state index in [2.05, 4.69) is 38.1 Å². The second kappa shape index (κ2) is 10.1. The maximum atomic E-state index is 12.3. The number of benzene rings is 2. The number of nitrogens with zero attached hydrogens (tertiary/aromatic N) is 1. The number of amides is 1. The van der Waals surface area contributed by atoms with E-state index in [1.54, 1.807) is 14.0 Å². The van der Waals surface area contributed by atoms with Gasteiger partial charge in [0.1, 0.15) is 5.75 Å². The molecule has 0 aliphatic carbocycles. The molecule has 1 fully saturated rings. The minimum Gasteiger partial charge on any atom is -0.497 e. The van der Waals surface area contributed by atoms with E-state index >= 15 is 0 Å². The van der Waals surface area contributed by atoms with Crippen LogP contribution in [0.4, 0.5) is 0 Å². The Morgan fingerprint density at radius 1 is 1.17 bits per heavy atom. The van der Waals surface area contributed by atoms with Gasteiger partial charge in [0, 0.05) is 26.6 Å². The fourth-order valence-corrected chi connectivity index (χ4v) is 4.59. The average Bonchev–Trinajstić information content (AvgIpc) is 2.73. The predicted molar refractivity (Wildman–Crippen MR) is 121 cm³/mol. The van der Waals surface area contributed by atoms with Crippen LogP contribution in [0.2, 0.25) is 0 Å². The minimum atomic E-state index is -0.0993. The molecule has 3 rings (SSSR count). The molecule has 0 spiro atoms. The van der Waals surface area contributed by atoms with Gasteiger partial charge in [-0.1, -0.05) is 42.5 Å². The van der Waals surface area contributed by atoms with Crippen LogP contribution in [-0.4, -0.2) is 36.7 Å². The Hall–Kier alpha value is -2.33. The van der Waals surface area contributed by atoms with Crippen molar-refractivity contribution in [1.29, 1.82) is 0 Å². The van der Waals surface area contributed by atoms with Gasteiger partial charge in [-0.3, -0.25) is 4.79 Å². The highest BCUT2D eigenvalue weighted by molar-refractivity contribution is 5.73. The summed E-state index contributed by atoms with van der Waals surface area (Å²) in [5.74, 6) is 1.92. The van der Waals surface area contributed by atoms with E-state index in [0.29, 0.717) is 18.4 Å². The molecular weight excluding hydrogens is 374 g/mol. The summed E-state index contributed by atoms with van der Waals surface area (Å²) in [5, 5.41) is 0. The first-order valence-corrected chi connectivity index (χ1v) is 11.0. The zero-order valence-electron chi connectivity index (χ0n) is 18.8. The molecule has 0 bridgehead atoms. The van der Waals surface area contributed by atoms with Crippen LogP contribution in [0.1, 0.15) is 57.1 Å². The van der Waals surface area contributed by atoms with E-state index in [9.17, 15) is 4.79 Å². The number of methoxy groups -OCH3 is 1. The molecule has 2 aromatic rings. The van der Waals surface area contributed by atoms with Gasteiger partial charge in [-0.15, -0.1) is 0 Å². The Balaban J connectivity index is 1.77. The smallest absolute Gasteiger partial charge is 0.219 e. The Labute approximate surface area is 181 Å². The molecule has 4 nitrogen and oxygen atoms in total. The summed E-state index contributed by atoms with van der Waals surface area (Å²) >= 11 is 0. The SMILES string of the molecule is COc1ccc([C@@H](CCN(Cc2ccccc2)C(C)=O)[C@@H]2CCOC(C)(C)C2)cc1. The third-order valence-corrected chi connectivity index (χ3v) is 6.22. The van der Waals surface area contributed by atoms with Crippen molar-refractivity contribution in [3.05, 3.63) is 65.7 Å². The summed E-state index contributed by atoms with van der Waals surface area (Å²) in [4.78, 5) is 14.3. The molecule has 0 radical (unpaired) electrons. The highest BCUT2D eigenvalue weighted by atomic mass is 16.5. The predicted octanol–water partition coefficient (Wildman–Crippen LogP) is 5.42. The lowest BCUT2D eigenvalue weighted by Crippen LogP contribution is -2.37. The summed E-state index contributed by atoms with van der Waals surface area (Å²) in [5.41, 5.74) is 2.39. The Kier molecular flexibility index (Phi) is 7.54. The molecule has 1 amide bonds. The second-order valence-corrected chi connectivity index (χ2v) is 8.96. The monoisotopic (exact) mass is 409 g/mol. The first-order chi connectivity index (χ1) is 14.4. The van der Waals surface area contributed by atoms with Crippen LogP contribution >= 0.6 is 0 Å². The van der Waals surface area contributed by atoms with Gasteiger partial charge >= 0.3 is 0 Å². The number of hydrogen-bond acceptors (Lipinski definition) is 3. The molecule has 4 heteroatoms. The van der Waals surface area contributed by atoms with Crippen LogP contribution in [0, 0.1) is 5.92 Å². The van der Waals surface area contributed by atoms with Crippen molar-refractivity contribution >= 4 is 5.91 Å². The van der Waals surface area contributed by atoms with Gasteiger partial charge < -0.3 is 14.4 Å². The number of hydrogen-bond donors (Lipinski definition) is 0. The Morgan fingerprint density at radius 2 is 1.87 bits per heavy atom. The van der Waals surface area contributed by atoms with Crippen LogP contribution in [0.15, 0.2) is 54.6 Å². The van der Waals surface area contributed by atoms with Crippen LogP contribution < -0.4 is 4.74 Å². The fourth-order valence-electron chi connectivity index (χ4n) is 4.59. The Bertz CT molecular complexity index is 801. The van der Waals surface area contributed by atoms with Gasteiger partial charge in [-0.25, -0.2) is 0 Å². The lowest BCUT2D eigenvalue weighted by atomic mass is 9.75. The molecule has 2 atom stereocenters. The Morgan fingerprint density at radius 3 is 2.47 bits per heavy atom. The average molecular weight is 410 g/mol. The maximum absolute atomic E-state index is 12.3. The number of rotatable bonds is 8. The second-order valence-electron chi connectivity index (χ2n) is 8.96. The van der Waals surface area contributed by atoms with E-state index in [-0.39, 0.29) is 11.5 Å². The summed E-state index contributed by atoms with van der Waals surface area (Å²) in [7, 11) is 1.70. The van der Waals surface area contributed by atoms with E-state index in [1.165, 1.54) is 11.1 Å². The fraction of sp³-hybridized carbons (Fsp3) is 0.500. The summed E-state index contributed by atoms with van der Waals surface area (Å²) in [6.45, 7) is 8.24. The van der Waals surface area contributed by atoms with Gasteiger partial charge in [0.15, 0.2) is 0 Å². The van der Waals surface area contributed by atoms with Crippen LogP contribution in [-0.2, 0) is 16.1 Å². The molecule has 162 valence electrons. The molecule has 0 aromatic heterocycles. The van der Waals surface area contributed by atoms with E-state index in [0.717, 1.165) is 38.2 Å². The highest BCUT2D eigenvalue weighted by Crippen LogP contribution is 2.40. The molecule has 1 heterocycles. The van der Waals surface area contributed by atoms with Gasteiger partial charge in [0.2, 0.25) is 5.91 Å². The summed E-state index contributed by atoms with van der Waals surface area (Å²) < 4.78 is 11.3. The van der Waals surface area contributed by atoms with Crippen LogP contribution in [0.25, 0.3) is 0 Å². The minimum absolute atomic E-state index is 0.0993. The van der Waals surface area contributed by atoms with E-state index in [4.69, 9.17) is 9.47 Å². The largest absolute Gasteiger partial charge is 0.497 e. The molecule has 0 saturated carbocycles. The maximum Gasteiger partial charge on any atom is 0.219 e. The van der Waals surface area contributed by atoms with Crippen molar-refractivity contribution in [2.45, 2.75) is 58.1 Å². The quantitative estimate of drug-likeness (QED) is 0.584. The molecular formula is C26H35NO3. The first kappa shape index (κ1) is 22.4. The summed E-state index contributed by atoms with van der Waals surface area (Å²) in [6.07, 6.45) is 3.03. The highest BCUT2D eigenvalue weighted by Gasteiger charge is 2.34. The normalized spacial score (nSPS) is 19.1. The van der Waals surface area contributed by atoms with Gasteiger partial charge in [-0.05, 0) is 68.2 Å². The molecule has 2 aromatic carbocycles. The van der Waals surface area contributed by atoms with Crippen molar-refractivity contribution in [2.24, 2.45) is 5.92 Å². The third kappa shape index (κ3) is 6.09. The molecule has 1 saturated heterocycles. The lowest BCUT2D eigenvalue weighted by molar-refractivity contribution is -0.129. The van der Waals surface area contributed by atoms with E-state index < -0.39 is 0 Å². The number of ether oxygens (including phenoxy) is 2. The van der Waals surface area contributed by atoms with Gasteiger partial charge in [-0.2, -0.15) is 0 Å². The standard InChI is InChI=1S/C26H35NO3/c1-20(28)27(19-21-8-6-5-7-9-21)16-14-25(22-10-12-24(29-4)13-11-22)23-15-17-30-26(2,3)18-23/h5-13,23,25H,14-19H2,1-4H3/t23-,25-/m1/s1. The number of carbonyl (C=O) groups excluding carboxylic acids is 1. The van der Waals surface area contributed by atoms with Crippen molar-refractivity contribution in [1.82, 2.24) is 4.90 Å². The van der Waals surface area contributed by atoms with E-state index in [1.807, 2.05) is 35.2 Å². The summed E-state index contributed by atoms with van der Waals surface area (Å²) in [6, 6.07) is 18.7. The van der Waals surface area contributed by atoms with Crippen molar-refractivity contribution in [3.8, 4) is 5.75 Å². The molecule has 1 aliphatic heterocycles. The van der Waals surface area contributed by atoms with Crippen molar-refractivity contribution in [3.63, 3.8) is 0 Å². The molecule has 30 heavy (non-hydrogen) atoms. The van der Waals surface area contributed by atoms with Gasteiger partial charge in [0.25, 0.3) is 0 Å². The van der Waals surface area contributed by atoms with Crippen LogP contribution in [0.3, 0.4) is 0 Å². The topological polar surface area (TPSA) is 38.8 Å². The lowest BCUT2D eigenvalue weighted by Gasteiger charge is -2.40. The van der Waals surface area contributed by atoms with Crippen molar-refractivity contribution in [2.75, 3.05) is 20.3 Å². The molecule has 1 aliphatic rings. The zero-order valence-corrected chi connectivity index (χ0v) is 18.8. The molecule has 0 N–H and O–H groups in total. The first-order valence-electron chi connectivity index (χ1n) is 11.0. The third-order valence-electron chi connectivity index (χ3n) is 6.22.